The van der Waals surface area contributed by atoms with Crippen LogP contribution in [-0.4, -0.2) is 17.1 Å². The number of aromatic nitrogens is 1. The fourth-order valence-corrected chi connectivity index (χ4v) is 1.25. The van der Waals surface area contributed by atoms with E-state index >= 15 is 0 Å². The molecule has 0 spiro atoms. The highest BCUT2D eigenvalue weighted by Crippen LogP contribution is 2.07. The Kier molecular flexibility index (Phi) is 4.09. The molecule has 15 heavy (non-hydrogen) atoms. The number of aryl methyl sites for hydroxylation is 1. The van der Waals surface area contributed by atoms with Crippen LogP contribution in [-0.2, 0) is 6.42 Å². The quantitative estimate of drug-likeness (QED) is 0.778. The van der Waals surface area contributed by atoms with E-state index < -0.39 is 0 Å². The second-order valence-corrected chi connectivity index (χ2v) is 4.57. The lowest BCUT2D eigenvalue weighted by atomic mass is 10.0. The molecule has 3 nitrogen and oxygen atoms in total. The fraction of sp³-hybridized carbons (Fsp3) is 0.583. The molecular formula is C12H21N3. The van der Waals surface area contributed by atoms with Crippen molar-refractivity contribution in [1.82, 2.24) is 4.98 Å². The van der Waals surface area contributed by atoms with E-state index in [2.05, 4.69) is 23.3 Å². The van der Waals surface area contributed by atoms with Crippen molar-refractivity contribution in [2.24, 2.45) is 5.73 Å². The number of nitrogens with zero attached hydrogens (tertiary/aromatic N) is 1. The predicted molar refractivity (Wildman–Crippen MR) is 65.0 cm³/mol. The SMILES string of the molecule is CCc1ccc(NCCC(C)(C)N)nc1. The van der Waals surface area contributed by atoms with Gasteiger partial charge in [0.15, 0.2) is 0 Å². The van der Waals surface area contributed by atoms with Gasteiger partial charge in [0.25, 0.3) is 0 Å². The smallest absolute Gasteiger partial charge is 0.125 e. The normalized spacial score (nSPS) is 11.5. The molecule has 0 aliphatic rings. The summed E-state index contributed by atoms with van der Waals surface area (Å²) in [6.45, 7) is 7.05. The van der Waals surface area contributed by atoms with Crippen LogP contribution in [0.15, 0.2) is 18.3 Å². The molecule has 0 radical (unpaired) electrons. The first-order chi connectivity index (χ1) is 7.01. The predicted octanol–water partition coefficient (Wildman–Crippen LogP) is 2.18. The summed E-state index contributed by atoms with van der Waals surface area (Å²) in [5, 5.41) is 3.26. The van der Waals surface area contributed by atoms with Gasteiger partial charge in [-0.05, 0) is 38.3 Å². The summed E-state index contributed by atoms with van der Waals surface area (Å²) < 4.78 is 0. The zero-order valence-electron chi connectivity index (χ0n) is 9.88. The Hall–Kier alpha value is -1.09. The third kappa shape index (κ3) is 4.79. The summed E-state index contributed by atoms with van der Waals surface area (Å²) in [5.41, 5.74) is 7.03. The van der Waals surface area contributed by atoms with Crippen molar-refractivity contribution in [1.29, 1.82) is 0 Å². The van der Waals surface area contributed by atoms with Crippen LogP contribution in [0.1, 0.15) is 32.8 Å². The molecule has 0 unspecified atom stereocenters. The Morgan fingerprint density at radius 1 is 1.40 bits per heavy atom. The highest BCUT2D eigenvalue weighted by atomic mass is 15.0. The summed E-state index contributed by atoms with van der Waals surface area (Å²) in [6, 6.07) is 4.12. The lowest BCUT2D eigenvalue weighted by molar-refractivity contribution is 0.490. The van der Waals surface area contributed by atoms with Crippen LogP contribution in [0.2, 0.25) is 0 Å². The summed E-state index contributed by atoms with van der Waals surface area (Å²) >= 11 is 0. The monoisotopic (exact) mass is 207 g/mol. The van der Waals surface area contributed by atoms with Crippen LogP contribution in [0.4, 0.5) is 5.82 Å². The van der Waals surface area contributed by atoms with Gasteiger partial charge in [0, 0.05) is 18.3 Å². The number of rotatable bonds is 5. The molecule has 0 bridgehead atoms. The average Bonchev–Trinajstić information content (AvgIpc) is 2.17. The van der Waals surface area contributed by atoms with Gasteiger partial charge in [-0.3, -0.25) is 0 Å². The Balaban J connectivity index is 2.38. The molecule has 3 heteroatoms. The van der Waals surface area contributed by atoms with Gasteiger partial charge >= 0.3 is 0 Å². The maximum Gasteiger partial charge on any atom is 0.125 e. The summed E-state index contributed by atoms with van der Waals surface area (Å²) in [5.74, 6) is 0.927. The minimum atomic E-state index is -0.115. The van der Waals surface area contributed by atoms with Crippen LogP contribution in [0.5, 0.6) is 0 Å². The number of hydrogen-bond donors (Lipinski definition) is 2. The zero-order chi connectivity index (χ0) is 11.3. The fourth-order valence-electron chi connectivity index (χ4n) is 1.25. The van der Waals surface area contributed by atoms with E-state index in [9.17, 15) is 0 Å². The lowest BCUT2D eigenvalue weighted by Gasteiger charge is -2.18. The molecule has 0 saturated heterocycles. The first-order valence-electron chi connectivity index (χ1n) is 5.49. The van der Waals surface area contributed by atoms with Crippen LogP contribution >= 0.6 is 0 Å². The van der Waals surface area contributed by atoms with Gasteiger partial charge in [0.05, 0.1) is 0 Å². The van der Waals surface area contributed by atoms with E-state index in [-0.39, 0.29) is 5.54 Å². The number of pyridine rings is 1. The lowest BCUT2D eigenvalue weighted by Crippen LogP contribution is -2.34. The molecule has 0 aromatic carbocycles. The molecule has 0 atom stereocenters. The van der Waals surface area contributed by atoms with E-state index in [0.717, 1.165) is 25.2 Å². The minimum Gasteiger partial charge on any atom is -0.370 e. The molecule has 0 amide bonds. The molecule has 1 aromatic heterocycles. The summed E-state index contributed by atoms with van der Waals surface area (Å²) in [7, 11) is 0. The first-order valence-corrected chi connectivity index (χ1v) is 5.49. The van der Waals surface area contributed by atoms with E-state index in [1.54, 1.807) is 0 Å². The van der Waals surface area contributed by atoms with Crippen molar-refractivity contribution in [3.8, 4) is 0 Å². The summed E-state index contributed by atoms with van der Waals surface area (Å²) in [4.78, 5) is 4.32. The Bertz CT molecular complexity index is 285. The van der Waals surface area contributed by atoms with Gasteiger partial charge < -0.3 is 11.1 Å². The minimum absolute atomic E-state index is 0.115. The molecule has 0 saturated carbocycles. The second-order valence-electron chi connectivity index (χ2n) is 4.57. The van der Waals surface area contributed by atoms with Crippen molar-refractivity contribution in [3.05, 3.63) is 23.9 Å². The maximum atomic E-state index is 5.88. The number of anilines is 1. The van der Waals surface area contributed by atoms with Crippen molar-refractivity contribution < 1.29 is 0 Å². The van der Waals surface area contributed by atoms with E-state index in [0.29, 0.717) is 0 Å². The Morgan fingerprint density at radius 3 is 2.60 bits per heavy atom. The molecule has 0 aliphatic heterocycles. The van der Waals surface area contributed by atoms with Crippen molar-refractivity contribution in [2.75, 3.05) is 11.9 Å². The highest BCUT2D eigenvalue weighted by Gasteiger charge is 2.09. The van der Waals surface area contributed by atoms with E-state index in [1.165, 1.54) is 5.56 Å². The van der Waals surface area contributed by atoms with Gasteiger partial charge in [-0.25, -0.2) is 4.98 Å². The van der Waals surface area contributed by atoms with Crippen LogP contribution in [0.3, 0.4) is 0 Å². The third-order valence-corrected chi connectivity index (χ3v) is 2.31. The van der Waals surface area contributed by atoms with Crippen molar-refractivity contribution in [3.63, 3.8) is 0 Å². The topological polar surface area (TPSA) is 50.9 Å². The number of nitrogens with two attached hydrogens (primary N) is 1. The van der Waals surface area contributed by atoms with Crippen molar-refractivity contribution >= 4 is 5.82 Å². The largest absolute Gasteiger partial charge is 0.370 e. The zero-order valence-corrected chi connectivity index (χ0v) is 9.88. The van der Waals surface area contributed by atoms with E-state index in [4.69, 9.17) is 5.73 Å². The van der Waals surface area contributed by atoms with Crippen LogP contribution in [0, 0.1) is 0 Å². The second kappa shape index (κ2) is 5.12. The van der Waals surface area contributed by atoms with Crippen LogP contribution in [0.25, 0.3) is 0 Å². The molecule has 1 rings (SSSR count). The molecule has 1 aromatic rings. The maximum absolute atomic E-state index is 5.88. The Morgan fingerprint density at radius 2 is 2.13 bits per heavy atom. The Labute approximate surface area is 92.1 Å². The van der Waals surface area contributed by atoms with Gasteiger partial charge in [-0.1, -0.05) is 13.0 Å². The molecular weight excluding hydrogens is 186 g/mol. The van der Waals surface area contributed by atoms with Gasteiger partial charge in [0.1, 0.15) is 5.82 Å². The van der Waals surface area contributed by atoms with Gasteiger partial charge in [-0.2, -0.15) is 0 Å². The molecule has 0 fully saturated rings. The van der Waals surface area contributed by atoms with Crippen molar-refractivity contribution in [2.45, 2.75) is 39.2 Å². The number of nitrogens with one attached hydrogen (secondary N) is 1. The van der Waals surface area contributed by atoms with Gasteiger partial charge in [0.2, 0.25) is 0 Å². The van der Waals surface area contributed by atoms with E-state index in [1.807, 2.05) is 26.1 Å². The summed E-state index contributed by atoms with van der Waals surface area (Å²) in [6.07, 6.45) is 3.88. The number of hydrogen-bond acceptors (Lipinski definition) is 3. The third-order valence-electron chi connectivity index (χ3n) is 2.31. The standard InChI is InChI=1S/C12H21N3/c1-4-10-5-6-11(15-9-10)14-8-7-12(2,3)13/h5-6,9H,4,7-8,13H2,1-3H3,(H,14,15). The highest BCUT2D eigenvalue weighted by molar-refractivity contribution is 5.35. The first kappa shape index (κ1) is 12.0. The van der Waals surface area contributed by atoms with Crippen LogP contribution < -0.4 is 11.1 Å². The molecule has 0 aliphatic carbocycles. The molecule has 1 heterocycles. The molecule has 84 valence electrons. The average molecular weight is 207 g/mol. The molecule has 3 N–H and O–H groups in total. The van der Waals surface area contributed by atoms with Gasteiger partial charge in [-0.15, -0.1) is 0 Å².